The van der Waals surface area contributed by atoms with Crippen molar-refractivity contribution in [2.75, 3.05) is 5.73 Å². The van der Waals surface area contributed by atoms with Gasteiger partial charge in [0.2, 0.25) is 0 Å². The van der Waals surface area contributed by atoms with Crippen LogP contribution in [0.3, 0.4) is 0 Å². The summed E-state index contributed by atoms with van der Waals surface area (Å²) in [6.07, 6.45) is 0. The van der Waals surface area contributed by atoms with E-state index in [4.69, 9.17) is 5.73 Å². The zero-order valence-corrected chi connectivity index (χ0v) is 7.78. The van der Waals surface area contributed by atoms with Crippen LogP contribution in [0.1, 0.15) is 16.7 Å². The molecule has 0 aliphatic heterocycles. The molecule has 2 heteroatoms. The Hall–Kier alpha value is -0.630. The molecule has 1 rings (SSSR count). The van der Waals surface area contributed by atoms with Crippen LogP contribution < -0.4 is 5.73 Å². The SMILES string of the molecule is Cc1cc(CS)cc(C)c1N. The van der Waals surface area contributed by atoms with Gasteiger partial charge >= 0.3 is 0 Å². The van der Waals surface area contributed by atoms with Crippen LogP contribution in [0.15, 0.2) is 12.1 Å². The number of nitrogens with two attached hydrogens (primary N) is 1. The smallest absolute Gasteiger partial charge is 0.0373 e. The molecule has 2 N–H and O–H groups in total. The van der Waals surface area contributed by atoms with Gasteiger partial charge in [0.1, 0.15) is 0 Å². The molecule has 0 unspecified atom stereocenters. The summed E-state index contributed by atoms with van der Waals surface area (Å²) in [6.45, 7) is 4.05. The molecule has 0 amide bonds. The molecule has 0 saturated carbocycles. The fraction of sp³-hybridized carbons (Fsp3) is 0.333. The molecule has 0 saturated heterocycles. The normalized spacial score (nSPS) is 10.1. The van der Waals surface area contributed by atoms with Crippen LogP contribution in [0.4, 0.5) is 5.69 Å². The number of thiol groups is 1. The van der Waals surface area contributed by atoms with Crippen molar-refractivity contribution >= 4 is 18.3 Å². The van der Waals surface area contributed by atoms with E-state index in [2.05, 4.69) is 24.8 Å². The molecule has 1 nitrogen and oxygen atoms in total. The van der Waals surface area contributed by atoms with Crippen LogP contribution in [0.5, 0.6) is 0 Å². The number of nitrogen functional groups attached to an aromatic ring is 1. The zero-order chi connectivity index (χ0) is 8.43. The van der Waals surface area contributed by atoms with Gasteiger partial charge in [-0.05, 0) is 30.5 Å². The molecule has 0 bridgehead atoms. The second-order valence-electron chi connectivity index (χ2n) is 2.80. The van der Waals surface area contributed by atoms with E-state index in [0.29, 0.717) is 0 Å². The number of rotatable bonds is 1. The third-order valence-electron chi connectivity index (χ3n) is 1.84. The Morgan fingerprint density at radius 3 is 2.09 bits per heavy atom. The lowest BCUT2D eigenvalue weighted by atomic mass is 10.1. The van der Waals surface area contributed by atoms with Gasteiger partial charge in [-0.15, -0.1) is 0 Å². The van der Waals surface area contributed by atoms with Crippen molar-refractivity contribution in [3.05, 3.63) is 28.8 Å². The fourth-order valence-electron chi connectivity index (χ4n) is 1.16. The Morgan fingerprint density at radius 1 is 1.27 bits per heavy atom. The average Bonchev–Trinajstić information content (AvgIpc) is 1.99. The van der Waals surface area contributed by atoms with Crippen LogP contribution >= 0.6 is 12.6 Å². The molecule has 0 aromatic heterocycles. The minimum Gasteiger partial charge on any atom is -0.398 e. The quantitative estimate of drug-likeness (QED) is 0.487. The molecule has 11 heavy (non-hydrogen) atoms. The van der Waals surface area contributed by atoms with Crippen LogP contribution in [-0.2, 0) is 5.75 Å². The van der Waals surface area contributed by atoms with Gasteiger partial charge in [-0.25, -0.2) is 0 Å². The van der Waals surface area contributed by atoms with Gasteiger partial charge in [-0.3, -0.25) is 0 Å². The predicted molar refractivity (Wildman–Crippen MR) is 53.0 cm³/mol. The number of hydrogen-bond donors (Lipinski definition) is 2. The third-order valence-corrected chi connectivity index (χ3v) is 2.20. The van der Waals surface area contributed by atoms with E-state index in [9.17, 15) is 0 Å². The summed E-state index contributed by atoms with van der Waals surface area (Å²) >= 11 is 4.20. The van der Waals surface area contributed by atoms with Gasteiger partial charge in [0, 0.05) is 11.4 Å². The highest BCUT2D eigenvalue weighted by molar-refractivity contribution is 7.79. The average molecular weight is 167 g/mol. The predicted octanol–water partition coefficient (Wildman–Crippen LogP) is 2.32. The molecular weight excluding hydrogens is 154 g/mol. The first-order chi connectivity index (χ1) is 5.15. The van der Waals surface area contributed by atoms with E-state index in [1.165, 1.54) is 5.56 Å². The minimum absolute atomic E-state index is 0.780. The van der Waals surface area contributed by atoms with E-state index in [1.54, 1.807) is 0 Å². The van der Waals surface area contributed by atoms with E-state index in [0.717, 1.165) is 22.6 Å². The van der Waals surface area contributed by atoms with E-state index >= 15 is 0 Å². The Labute approximate surface area is 73.0 Å². The second kappa shape index (κ2) is 3.18. The van der Waals surface area contributed by atoms with Gasteiger partial charge in [-0.2, -0.15) is 12.6 Å². The van der Waals surface area contributed by atoms with Gasteiger partial charge in [0.25, 0.3) is 0 Å². The summed E-state index contributed by atoms with van der Waals surface area (Å²) in [4.78, 5) is 0. The maximum absolute atomic E-state index is 5.78. The summed E-state index contributed by atoms with van der Waals surface area (Å²) in [7, 11) is 0. The minimum atomic E-state index is 0.780. The Balaban J connectivity index is 3.21. The maximum Gasteiger partial charge on any atom is 0.0373 e. The van der Waals surface area contributed by atoms with Crippen molar-refractivity contribution in [3.63, 3.8) is 0 Å². The summed E-state index contributed by atoms with van der Waals surface area (Å²) in [5.74, 6) is 0.780. The van der Waals surface area contributed by atoms with Crippen LogP contribution in [0.2, 0.25) is 0 Å². The summed E-state index contributed by atoms with van der Waals surface area (Å²) in [5, 5.41) is 0. The van der Waals surface area contributed by atoms with Gasteiger partial charge < -0.3 is 5.73 Å². The second-order valence-corrected chi connectivity index (χ2v) is 3.12. The summed E-state index contributed by atoms with van der Waals surface area (Å²) in [5.41, 5.74) is 10.2. The first kappa shape index (κ1) is 8.47. The van der Waals surface area contributed by atoms with Crippen molar-refractivity contribution in [2.45, 2.75) is 19.6 Å². The first-order valence-electron chi connectivity index (χ1n) is 3.61. The van der Waals surface area contributed by atoms with E-state index in [-0.39, 0.29) is 0 Å². The van der Waals surface area contributed by atoms with Crippen molar-refractivity contribution in [2.24, 2.45) is 0 Å². The molecule has 1 aromatic rings. The van der Waals surface area contributed by atoms with Gasteiger partial charge in [0.05, 0.1) is 0 Å². The van der Waals surface area contributed by atoms with E-state index < -0.39 is 0 Å². The van der Waals surface area contributed by atoms with Crippen LogP contribution in [0.25, 0.3) is 0 Å². The molecule has 0 atom stereocenters. The number of benzene rings is 1. The van der Waals surface area contributed by atoms with Crippen molar-refractivity contribution in [1.29, 1.82) is 0 Å². The van der Waals surface area contributed by atoms with Crippen LogP contribution in [0, 0.1) is 13.8 Å². The van der Waals surface area contributed by atoms with Crippen molar-refractivity contribution in [3.8, 4) is 0 Å². The molecule has 1 aromatic carbocycles. The highest BCUT2D eigenvalue weighted by Crippen LogP contribution is 2.19. The zero-order valence-electron chi connectivity index (χ0n) is 6.89. The number of anilines is 1. The molecule has 0 radical (unpaired) electrons. The topological polar surface area (TPSA) is 26.0 Å². The highest BCUT2D eigenvalue weighted by atomic mass is 32.1. The lowest BCUT2D eigenvalue weighted by Crippen LogP contribution is -1.94. The van der Waals surface area contributed by atoms with Gasteiger partial charge in [0.15, 0.2) is 0 Å². The van der Waals surface area contributed by atoms with Gasteiger partial charge in [-0.1, -0.05) is 12.1 Å². The lowest BCUT2D eigenvalue weighted by Gasteiger charge is -2.06. The van der Waals surface area contributed by atoms with E-state index in [1.807, 2.05) is 13.8 Å². The van der Waals surface area contributed by atoms with Crippen molar-refractivity contribution in [1.82, 2.24) is 0 Å². The molecule has 60 valence electrons. The summed E-state index contributed by atoms with van der Waals surface area (Å²) < 4.78 is 0. The number of aryl methyl sites for hydroxylation is 2. The molecule has 0 aliphatic carbocycles. The Morgan fingerprint density at radius 2 is 1.73 bits per heavy atom. The lowest BCUT2D eigenvalue weighted by molar-refractivity contribution is 1.31. The molecule has 0 aliphatic rings. The largest absolute Gasteiger partial charge is 0.398 e. The molecule has 0 fully saturated rings. The summed E-state index contributed by atoms with van der Waals surface area (Å²) in [6, 6.07) is 4.16. The molecule has 0 heterocycles. The third kappa shape index (κ3) is 1.69. The van der Waals surface area contributed by atoms with Crippen LogP contribution in [-0.4, -0.2) is 0 Å². The Kier molecular flexibility index (Phi) is 2.45. The fourth-order valence-corrected chi connectivity index (χ4v) is 1.34. The monoisotopic (exact) mass is 167 g/mol. The first-order valence-corrected chi connectivity index (χ1v) is 4.25. The highest BCUT2D eigenvalue weighted by Gasteiger charge is 1.99. The number of hydrogen-bond acceptors (Lipinski definition) is 2. The maximum atomic E-state index is 5.78. The molecule has 0 spiro atoms. The van der Waals surface area contributed by atoms with Crippen molar-refractivity contribution < 1.29 is 0 Å². The molecular formula is C9H13NS. The Bertz CT molecular complexity index is 245. The standard InChI is InChI=1S/C9H13NS/c1-6-3-8(5-11)4-7(2)9(6)10/h3-4,11H,5,10H2,1-2H3.